The fraction of sp³-hybridized carbons (Fsp3) is 0.333. The van der Waals surface area contributed by atoms with Gasteiger partial charge >= 0.3 is 6.36 Å². The van der Waals surface area contributed by atoms with Gasteiger partial charge in [0.05, 0.1) is 6.61 Å². The minimum absolute atomic E-state index is 0.135. The highest BCUT2D eigenvalue weighted by atomic mass is 19.4. The number of pyridine rings is 2. The van der Waals surface area contributed by atoms with Crippen LogP contribution < -0.4 is 15.4 Å². The highest BCUT2D eigenvalue weighted by Gasteiger charge is 2.28. The van der Waals surface area contributed by atoms with Gasteiger partial charge in [-0.15, -0.1) is 13.2 Å². The molecule has 0 radical (unpaired) electrons. The Hall–Kier alpha value is -3.21. The number of hydrogen-bond donors (Lipinski definition) is 2. The summed E-state index contributed by atoms with van der Waals surface area (Å²) in [5.41, 5.74) is 0.981. The summed E-state index contributed by atoms with van der Waals surface area (Å²) < 4.78 is 44.2. The number of aromatic nitrogens is 2. The molecule has 0 spiro atoms. The van der Waals surface area contributed by atoms with Crippen LogP contribution in [-0.4, -0.2) is 41.4 Å². The van der Waals surface area contributed by atoms with E-state index in [1.807, 2.05) is 0 Å². The maximum Gasteiger partial charge on any atom is 0.522 e. The molecule has 11 heteroatoms. The maximum atomic E-state index is 12.2. The Morgan fingerprint density at radius 3 is 2.59 bits per heavy atom. The van der Waals surface area contributed by atoms with Gasteiger partial charge in [0.15, 0.2) is 0 Å². The molecule has 2 aromatic heterocycles. The smallest absolute Gasteiger partial charge is 0.475 e. The van der Waals surface area contributed by atoms with E-state index in [2.05, 4.69) is 25.3 Å². The summed E-state index contributed by atoms with van der Waals surface area (Å²) >= 11 is 0. The van der Waals surface area contributed by atoms with E-state index in [-0.39, 0.29) is 36.7 Å². The number of halogens is 3. The van der Waals surface area contributed by atoms with Crippen LogP contribution in [0, 0.1) is 0 Å². The van der Waals surface area contributed by atoms with Crippen molar-refractivity contribution in [3.05, 3.63) is 47.8 Å². The number of alkyl halides is 3. The van der Waals surface area contributed by atoms with E-state index in [0.29, 0.717) is 17.5 Å². The van der Waals surface area contributed by atoms with Crippen molar-refractivity contribution in [3.8, 4) is 5.88 Å². The van der Waals surface area contributed by atoms with E-state index in [1.54, 1.807) is 13.0 Å². The van der Waals surface area contributed by atoms with Crippen molar-refractivity contribution < 1.29 is 32.2 Å². The number of carbonyl (C=O) groups is 2. The minimum Gasteiger partial charge on any atom is -0.475 e. The first kappa shape index (κ1) is 22.1. The van der Waals surface area contributed by atoms with Crippen molar-refractivity contribution in [2.45, 2.75) is 26.3 Å². The predicted molar refractivity (Wildman–Crippen MR) is 96.1 cm³/mol. The molecule has 0 aliphatic heterocycles. The third kappa shape index (κ3) is 8.13. The van der Waals surface area contributed by atoms with E-state index in [4.69, 9.17) is 4.74 Å². The van der Waals surface area contributed by atoms with Gasteiger partial charge in [0.2, 0.25) is 11.8 Å². The number of carbonyl (C=O) groups excluding carboxylic acids is 2. The number of anilines is 1. The van der Waals surface area contributed by atoms with Crippen LogP contribution in [0.15, 0.2) is 36.7 Å². The molecule has 0 saturated carbocycles. The summed E-state index contributed by atoms with van der Waals surface area (Å²) in [6.45, 7) is 0.923. The molecular formula is C18H19F3N4O4. The van der Waals surface area contributed by atoms with E-state index >= 15 is 0 Å². The number of ether oxygens (including phenoxy) is 2. The zero-order valence-electron chi connectivity index (χ0n) is 15.5. The van der Waals surface area contributed by atoms with Crippen molar-refractivity contribution >= 4 is 17.6 Å². The van der Waals surface area contributed by atoms with Gasteiger partial charge in [0.1, 0.15) is 12.4 Å². The third-order valence-corrected chi connectivity index (χ3v) is 3.46. The molecule has 2 aromatic rings. The van der Waals surface area contributed by atoms with Crippen LogP contribution in [0.4, 0.5) is 19.0 Å². The van der Waals surface area contributed by atoms with Gasteiger partial charge in [-0.3, -0.25) is 14.3 Å². The average Bonchev–Trinajstić information content (AvgIpc) is 2.69. The van der Waals surface area contributed by atoms with Crippen LogP contribution in [-0.2, 0) is 16.1 Å². The van der Waals surface area contributed by atoms with Crippen LogP contribution in [0.5, 0.6) is 5.88 Å². The molecule has 0 aliphatic carbocycles. The summed E-state index contributed by atoms with van der Waals surface area (Å²) in [7, 11) is 0. The molecule has 0 saturated heterocycles. The molecular weight excluding hydrogens is 393 g/mol. The van der Waals surface area contributed by atoms with E-state index in [1.165, 1.54) is 30.6 Å². The van der Waals surface area contributed by atoms with Crippen LogP contribution in [0.3, 0.4) is 0 Å². The highest BCUT2D eigenvalue weighted by molar-refractivity contribution is 5.96. The lowest BCUT2D eigenvalue weighted by Gasteiger charge is -2.09. The summed E-state index contributed by atoms with van der Waals surface area (Å²) in [6, 6.07) is 6.06. The molecule has 156 valence electrons. The SMILES string of the molecule is CCC(=O)Nc1cc(C(=O)NCc2ccc(OCCOC(F)(F)F)nc2)ccn1. The lowest BCUT2D eigenvalue weighted by molar-refractivity contribution is -0.325. The summed E-state index contributed by atoms with van der Waals surface area (Å²) in [5.74, 6) is -0.170. The largest absolute Gasteiger partial charge is 0.522 e. The van der Waals surface area contributed by atoms with Crippen LogP contribution >= 0.6 is 0 Å². The van der Waals surface area contributed by atoms with E-state index < -0.39 is 13.0 Å². The predicted octanol–water partition coefficient (Wildman–Crippen LogP) is 2.67. The summed E-state index contributed by atoms with van der Waals surface area (Å²) in [5, 5.41) is 5.26. The molecule has 0 atom stereocenters. The second-order valence-corrected chi connectivity index (χ2v) is 5.66. The van der Waals surface area contributed by atoms with Crippen molar-refractivity contribution in [1.29, 1.82) is 0 Å². The lowest BCUT2D eigenvalue weighted by atomic mass is 10.2. The molecule has 2 amide bonds. The standard InChI is InChI=1S/C18H19F3N4O4/c1-2-15(26)25-14-9-13(5-6-22-14)17(27)24-11-12-3-4-16(23-10-12)28-7-8-29-18(19,20)21/h3-6,9-10H,2,7-8,11H2,1H3,(H,24,27)(H,22,25,26). The van der Waals surface area contributed by atoms with Crippen molar-refractivity contribution in [2.75, 3.05) is 18.5 Å². The Morgan fingerprint density at radius 1 is 1.14 bits per heavy atom. The Labute approximate surface area is 164 Å². The molecule has 0 aromatic carbocycles. The van der Waals surface area contributed by atoms with Crippen LogP contribution in [0.1, 0.15) is 29.3 Å². The van der Waals surface area contributed by atoms with Crippen molar-refractivity contribution in [2.24, 2.45) is 0 Å². The number of hydrogen-bond acceptors (Lipinski definition) is 6. The van der Waals surface area contributed by atoms with Crippen molar-refractivity contribution in [1.82, 2.24) is 15.3 Å². The fourth-order valence-electron chi connectivity index (χ4n) is 2.06. The van der Waals surface area contributed by atoms with E-state index in [9.17, 15) is 22.8 Å². The van der Waals surface area contributed by atoms with Crippen molar-refractivity contribution in [3.63, 3.8) is 0 Å². The Kier molecular flexibility index (Phi) is 7.89. The normalized spacial score (nSPS) is 11.0. The van der Waals surface area contributed by atoms with Gasteiger partial charge in [0.25, 0.3) is 5.91 Å². The average molecular weight is 412 g/mol. The van der Waals surface area contributed by atoms with Crippen LogP contribution in [0.25, 0.3) is 0 Å². The Bertz CT molecular complexity index is 829. The zero-order valence-corrected chi connectivity index (χ0v) is 15.5. The number of nitrogens with one attached hydrogen (secondary N) is 2. The first-order valence-electron chi connectivity index (χ1n) is 8.59. The molecule has 2 heterocycles. The maximum absolute atomic E-state index is 12.2. The molecule has 29 heavy (non-hydrogen) atoms. The monoisotopic (exact) mass is 412 g/mol. The number of rotatable bonds is 9. The summed E-state index contributed by atoms with van der Waals surface area (Å²) in [6.07, 6.45) is -1.56. The Morgan fingerprint density at radius 2 is 1.93 bits per heavy atom. The first-order chi connectivity index (χ1) is 13.8. The van der Waals surface area contributed by atoms with E-state index in [0.717, 1.165) is 0 Å². The quantitative estimate of drug-likeness (QED) is 0.614. The molecule has 0 fully saturated rings. The molecule has 0 bridgehead atoms. The molecule has 2 rings (SSSR count). The van der Waals surface area contributed by atoms with Gasteiger partial charge in [-0.05, 0) is 17.7 Å². The van der Waals surface area contributed by atoms with Gasteiger partial charge < -0.3 is 15.4 Å². The number of nitrogens with zero attached hydrogens (tertiary/aromatic N) is 2. The second kappa shape index (κ2) is 10.4. The number of amides is 2. The molecule has 0 aliphatic rings. The minimum atomic E-state index is -4.70. The second-order valence-electron chi connectivity index (χ2n) is 5.66. The van der Waals surface area contributed by atoms with Gasteiger partial charge in [0, 0.05) is 37.0 Å². The highest BCUT2D eigenvalue weighted by Crippen LogP contribution is 2.16. The lowest BCUT2D eigenvalue weighted by Crippen LogP contribution is -2.23. The van der Waals surface area contributed by atoms with Crippen LogP contribution in [0.2, 0.25) is 0 Å². The molecule has 8 nitrogen and oxygen atoms in total. The molecule has 2 N–H and O–H groups in total. The third-order valence-electron chi connectivity index (χ3n) is 3.46. The Balaban J connectivity index is 1.81. The van der Waals surface area contributed by atoms with Gasteiger partial charge in [-0.25, -0.2) is 9.97 Å². The first-order valence-corrected chi connectivity index (χ1v) is 8.59. The topological polar surface area (TPSA) is 102 Å². The van der Waals surface area contributed by atoms with Gasteiger partial charge in [-0.2, -0.15) is 0 Å². The zero-order chi connectivity index (χ0) is 21.3. The van der Waals surface area contributed by atoms with Gasteiger partial charge in [-0.1, -0.05) is 13.0 Å². The molecule has 0 unspecified atom stereocenters. The summed E-state index contributed by atoms with van der Waals surface area (Å²) in [4.78, 5) is 31.6. The fourth-order valence-corrected chi connectivity index (χ4v) is 2.06.